The second-order valence-electron chi connectivity index (χ2n) is 6.00. The number of nitrogens with zero attached hydrogens (tertiary/aromatic N) is 1. The lowest BCUT2D eigenvalue weighted by Gasteiger charge is -2.22. The predicted molar refractivity (Wildman–Crippen MR) is 101 cm³/mol. The van der Waals surface area contributed by atoms with E-state index in [1.807, 2.05) is 30.3 Å². The van der Waals surface area contributed by atoms with Crippen molar-refractivity contribution in [3.05, 3.63) is 66.0 Å². The molecule has 0 spiro atoms. The molecular weight excluding hydrogens is 355 g/mol. The van der Waals surface area contributed by atoms with Crippen LogP contribution in [-0.2, 0) is 21.2 Å². The Morgan fingerprint density at radius 3 is 2.50 bits per heavy atom. The summed E-state index contributed by atoms with van der Waals surface area (Å²) < 4.78 is 38.3. The molecule has 26 heavy (non-hydrogen) atoms. The van der Waals surface area contributed by atoms with Crippen LogP contribution in [0, 0.1) is 5.82 Å². The quantitative estimate of drug-likeness (QED) is 0.683. The van der Waals surface area contributed by atoms with Gasteiger partial charge in [-0.2, -0.15) is 0 Å². The van der Waals surface area contributed by atoms with Gasteiger partial charge in [-0.05, 0) is 36.6 Å². The Morgan fingerprint density at radius 2 is 1.85 bits per heavy atom. The minimum absolute atomic E-state index is 0.00885. The van der Waals surface area contributed by atoms with Gasteiger partial charge in [-0.15, -0.1) is 0 Å². The first-order chi connectivity index (χ1) is 12.4. The van der Waals surface area contributed by atoms with Crippen LogP contribution in [-0.4, -0.2) is 33.7 Å². The summed E-state index contributed by atoms with van der Waals surface area (Å²) in [4.78, 5) is 12.0. The largest absolute Gasteiger partial charge is 0.356 e. The average Bonchev–Trinajstić information content (AvgIpc) is 2.59. The number of hydrogen-bond donors (Lipinski definition) is 1. The van der Waals surface area contributed by atoms with Crippen LogP contribution in [0.25, 0.3) is 0 Å². The van der Waals surface area contributed by atoms with Crippen LogP contribution in [0.15, 0.2) is 54.6 Å². The molecule has 0 radical (unpaired) electrons. The number of halogens is 1. The maximum atomic E-state index is 13.4. The Hall–Kier alpha value is -2.41. The maximum absolute atomic E-state index is 13.4. The van der Waals surface area contributed by atoms with Crippen molar-refractivity contribution in [3.63, 3.8) is 0 Å². The first-order valence-electron chi connectivity index (χ1n) is 8.40. The zero-order chi connectivity index (χ0) is 19.0. The fraction of sp³-hybridized carbons (Fsp3) is 0.316. The zero-order valence-electron chi connectivity index (χ0n) is 14.7. The van der Waals surface area contributed by atoms with E-state index in [2.05, 4.69) is 5.32 Å². The summed E-state index contributed by atoms with van der Waals surface area (Å²) >= 11 is 0. The van der Waals surface area contributed by atoms with Gasteiger partial charge in [0.1, 0.15) is 5.82 Å². The van der Waals surface area contributed by atoms with E-state index in [0.29, 0.717) is 6.54 Å². The average molecular weight is 378 g/mol. The summed E-state index contributed by atoms with van der Waals surface area (Å²) in [6.07, 6.45) is 2.71. The number of carbonyl (C=O) groups is 1. The fourth-order valence-electron chi connectivity index (χ4n) is 2.57. The van der Waals surface area contributed by atoms with Crippen molar-refractivity contribution >= 4 is 21.6 Å². The highest BCUT2D eigenvalue weighted by molar-refractivity contribution is 7.92. The van der Waals surface area contributed by atoms with Crippen LogP contribution in [0.5, 0.6) is 0 Å². The molecule has 1 N–H and O–H groups in total. The van der Waals surface area contributed by atoms with Crippen molar-refractivity contribution in [2.45, 2.75) is 19.3 Å². The van der Waals surface area contributed by atoms with Gasteiger partial charge in [0.05, 0.1) is 11.9 Å². The Labute approximate surface area is 153 Å². The highest BCUT2D eigenvalue weighted by Gasteiger charge is 2.18. The molecule has 0 saturated heterocycles. The molecule has 0 aromatic heterocycles. The zero-order valence-corrected chi connectivity index (χ0v) is 15.5. The van der Waals surface area contributed by atoms with Crippen LogP contribution in [0.3, 0.4) is 0 Å². The summed E-state index contributed by atoms with van der Waals surface area (Å²) in [5.41, 5.74) is 1.42. The van der Waals surface area contributed by atoms with Gasteiger partial charge in [-0.1, -0.05) is 36.4 Å². The third-order valence-corrected chi connectivity index (χ3v) is 5.04. The Bertz CT molecular complexity index is 826. The molecule has 2 aromatic carbocycles. The monoisotopic (exact) mass is 378 g/mol. The highest BCUT2D eigenvalue weighted by Crippen LogP contribution is 2.18. The summed E-state index contributed by atoms with van der Waals surface area (Å²) in [6, 6.07) is 15.3. The van der Waals surface area contributed by atoms with Crippen LogP contribution in [0.2, 0.25) is 0 Å². The number of aryl methyl sites for hydroxylation is 1. The number of benzene rings is 2. The first kappa shape index (κ1) is 19.9. The second kappa shape index (κ2) is 9.33. The third kappa shape index (κ3) is 6.48. The van der Waals surface area contributed by atoms with Gasteiger partial charge in [0.15, 0.2) is 0 Å². The van der Waals surface area contributed by atoms with Crippen molar-refractivity contribution in [2.24, 2.45) is 0 Å². The molecule has 0 aliphatic heterocycles. The molecule has 7 heteroatoms. The maximum Gasteiger partial charge on any atom is 0.232 e. The van der Waals surface area contributed by atoms with E-state index in [4.69, 9.17) is 0 Å². The van der Waals surface area contributed by atoms with Gasteiger partial charge in [0.2, 0.25) is 15.9 Å². The smallest absolute Gasteiger partial charge is 0.232 e. The Kier molecular flexibility index (Phi) is 7.15. The molecule has 1 amide bonds. The molecule has 0 unspecified atom stereocenters. The second-order valence-corrected chi connectivity index (χ2v) is 7.91. The third-order valence-electron chi connectivity index (χ3n) is 3.85. The van der Waals surface area contributed by atoms with Crippen LogP contribution < -0.4 is 9.62 Å². The van der Waals surface area contributed by atoms with Crippen LogP contribution in [0.4, 0.5) is 10.1 Å². The number of amides is 1. The molecule has 0 aliphatic rings. The number of nitrogens with one attached hydrogen (secondary N) is 1. The Balaban J connectivity index is 1.81. The summed E-state index contributed by atoms with van der Waals surface area (Å²) in [5.74, 6) is -0.760. The van der Waals surface area contributed by atoms with Crippen molar-refractivity contribution in [3.8, 4) is 0 Å². The molecule has 140 valence electrons. The molecule has 0 saturated carbocycles. The lowest BCUT2D eigenvalue weighted by molar-refractivity contribution is -0.120. The topological polar surface area (TPSA) is 66.5 Å². The van der Waals surface area contributed by atoms with Gasteiger partial charge in [0.25, 0.3) is 0 Å². The minimum atomic E-state index is -3.60. The number of sulfonamides is 1. The van der Waals surface area contributed by atoms with Gasteiger partial charge in [-0.25, -0.2) is 12.8 Å². The van der Waals surface area contributed by atoms with Crippen LogP contribution in [0.1, 0.15) is 18.4 Å². The van der Waals surface area contributed by atoms with E-state index < -0.39 is 15.8 Å². The number of anilines is 1. The predicted octanol–water partition coefficient (Wildman–Crippen LogP) is 2.73. The molecular formula is C19H23FN2O3S. The van der Waals surface area contributed by atoms with Crippen LogP contribution >= 0.6 is 0 Å². The SMILES string of the molecule is CS(=O)(=O)N(CCC(=O)NCCCc1ccccc1)c1cccc(F)c1. The molecule has 0 aliphatic carbocycles. The Morgan fingerprint density at radius 1 is 1.12 bits per heavy atom. The van der Waals surface area contributed by atoms with Gasteiger partial charge >= 0.3 is 0 Å². The number of hydrogen-bond acceptors (Lipinski definition) is 3. The van der Waals surface area contributed by atoms with E-state index in [1.54, 1.807) is 0 Å². The normalized spacial score (nSPS) is 11.2. The van der Waals surface area contributed by atoms with Gasteiger partial charge in [-0.3, -0.25) is 9.10 Å². The van der Waals surface area contributed by atoms with E-state index >= 15 is 0 Å². The molecule has 0 fully saturated rings. The van der Waals surface area contributed by atoms with E-state index in [0.717, 1.165) is 29.5 Å². The van der Waals surface area contributed by atoms with E-state index in [-0.39, 0.29) is 24.6 Å². The summed E-state index contributed by atoms with van der Waals surface area (Å²) in [5, 5.41) is 2.79. The lowest BCUT2D eigenvalue weighted by atomic mass is 10.1. The van der Waals surface area contributed by atoms with Gasteiger partial charge < -0.3 is 5.32 Å². The van der Waals surface area contributed by atoms with E-state index in [1.165, 1.54) is 23.8 Å². The standard InChI is InChI=1S/C19H23FN2O3S/c1-26(24,25)22(18-11-5-10-17(20)15-18)14-12-19(23)21-13-6-9-16-7-3-2-4-8-16/h2-5,7-8,10-11,15H,6,9,12-14H2,1H3,(H,21,23). The summed E-state index contributed by atoms with van der Waals surface area (Å²) in [6.45, 7) is 0.485. The van der Waals surface area contributed by atoms with E-state index in [9.17, 15) is 17.6 Å². The molecule has 2 rings (SSSR count). The molecule has 0 atom stereocenters. The molecule has 0 heterocycles. The highest BCUT2D eigenvalue weighted by atomic mass is 32.2. The molecule has 2 aromatic rings. The van der Waals surface area contributed by atoms with Crippen molar-refractivity contribution < 1.29 is 17.6 Å². The molecule has 0 bridgehead atoms. The fourth-order valence-corrected chi connectivity index (χ4v) is 3.49. The van der Waals surface area contributed by atoms with Crippen molar-refractivity contribution in [1.82, 2.24) is 5.32 Å². The molecule has 5 nitrogen and oxygen atoms in total. The minimum Gasteiger partial charge on any atom is -0.356 e. The van der Waals surface area contributed by atoms with Gasteiger partial charge in [0, 0.05) is 19.5 Å². The first-order valence-corrected chi connectivity index (χ1v) is 10.2. The van der Waals surface area contributed by atoms with Crippen molar-refractivity contribution in [2.75, 3.05) is 23.7 Å². The lowest BCUT2D eigenvalue weighted by Crippen LogP contribution is -2.35. The summed E-state index contributed by atoms with van der Waals surface area (Å²) in [7, 11) is -3.60. The number of carbonyl (C=O) groups excluding carboxylic acids is 1. The number of rotatable bonds is 9. The van der Waals surface area contributed by atoms with Crippen molar-refractivity contribution in [1.29, 1.82) is 0 Å².